The summed E-state index contributed by atoms with van der Waals surface area (Å²) >= 11 is 0. The number of hydrogen-bond acceptors (Lipinski definition) is 8. The van der Waals surface area contributed by atoms with Crippen LogP contribution in [-0.4, -0.2) is 47.9 Å². The van der Waals surface area contributed by atoms with E-state index in [1.54, 1.807) is 17.6 Å². The molecule has 0 spiro atoms. The van der Waals surface area contributed by atoms with Gasteiger partial charge in [-0.25, -0.2) is 4.98 Å². The number of hydrogen-bond donors (Lipinski definition) is 2. The number of carbonyl (C=O) groups excluding carboxylic acids is 1. The second kappa shape index (κ2) is 9.65. The fourth-order valence-electron chi connectivity index (χ4n) is 5.15. The molecule has 4 heterocycles. The number of rotatable bonds is 10. The minimum Gasteiger partial charge on any atom is -0.454 e. The van der Waals surface area contributed by atoms with Crippen LogP contribution in [0.1, 0.15) is 48.9 Å². The zero-order valence-electron chi connectivity index (χ0n) is 20.8. The first-order valence-electron chi connectivity index (χ1n) is 12.4. The SMILES string of the molecule is CCCNCCc1c2c(nc3cc4c(cc13)OCO4)-c1cc([C@](O)(C=O)CC)c(COC)c(=O)n1C2. The summed E-state index contributed by atoms with van der Waals surface area (Å²) in [6, 6.07) is 5.57. The molecule has 36 heavy (non-hydrogen) atoms. The smallest absolute Gasteiger partial charge is 0.257 e. The minimum absolute atomic E-state index is 0.00839. The van der Waals surface area contributed by atoms with Crippen molar-refractivity contribution in [3.05, 3.63) is 50.8 Å². The van der Waals surface area contributed by atoms with Crippen molar-refractivity contribution in [2.45, 2.75) is 51.9 Å². The largest absolute Gasteiger partial charge is 0.454 e. The molecule has 0 radical (unpaired) electrons. The molecule has 2 aliphatic rings. The lowest BCUT2D eigenvalue weighted by Gasteiger charge is -2.24. The van der Waals surface area contributed by atoms with Crippen molar-refractivity contribution < 1.29 is 24.1 Å². The summed E-state index contributed by atoms with van der Waals surface area (Å²) in [5.41, 5.74) is 2.53. The Morgan fingerprint density at radius 2 is 1.97 bits per heavy atom. The van der Waals surface area contributed by atoms with Gasteiger partial charge in [-0.15, -0.1) is 0 Å². The Kier molecular flexibility index (Phi) is 6.55. The molecule has 1 atom stereocenters. The lowest BCUT2D eigenvalue weighted by molar-refractivity contribution is -0.125. The summed E-state index contributed by atoms with van der Waals surface area (Å²) in [5, 5.41) is 15.5. The van der Waals surface area contributed by atoms with Crippen LogP contribution in [-0.2, 0) is 34.7 Å². The molecule has 0 amide bonds. The standard InChI is InChI=1S/C27H31N3O6/c1-4-7-28-8-6-16-17-9-23-24(36-15-35-23)11-21(17)29-25-18(16)12-30-22(25)10-20(27(33,5-2)14-31)19(13-34-3)26(30)32/h9-11,14,28,33H,4-8,12-13,15H2,1-3H3/t27-/m1/s1. The first-order chi connectivity index (χ1) is 17.5. The number of pyridine rings is 2. The highest BCUT2D eigenvalue weighted by Gasteiger charge is 2.35. The van der Waals surface area contributed by atoms with Crippen LogP contribution < -0.4 is 20.3 Å². The Morgan fingerprint density at radius 3 is 2.67 bits per heavy atom. The molecule has 0 bridgehead atoms. The molecule has 3 aromatic rings. The van der Waals surface area contributed by atoms with Gasteiger partial charge in [0.2, 0.25) is 6.79 Å². The van der Waals surface area contributed by atoms with Gasteiger partial charge in [0, 0.05) is 35.3 Å². The molecule has 2 aromatic heterocycles. The van der Waals surface area contributed by atoms with Crippen LogP contribution >= 0.6 is 0 Å². The van der Waals surface area contributed by atoms with Gasteiger partial charge in [-0.3, -0.25) is 9.59 Å². The van der Waals surface area contributed by atoms with Gasteiger partial charge in [0.05, 0.1) is 30.1 Å². The first kappa shape index (κ1) is 24.4. The van der Waals surface area contributed by atoms with Crippen molar-refractivity contribution in [2.24, 2.45) is 0 Å². The zero-order valence-corrected chi connectivity index (χ0v) is 20.8. The van der Waals surface area contributed by atoms with Crippen molar-refractivity contribution in [1.82, 2.24) is 14.9 Å². The van der Waals surface area contributed by atoms with Crippen molar-refractivity contribution in [3.63, 3.8) is 0 Å². The van der Waals surface area contributed by atoms with Crippen LogP contribution in [0.3, 0.4) is 0 Å². The Labute approximate surface area is 209 Å². The maximum absolute atomic E-state index is 13.7. The van der Waals surface area contributed by atoms with E-state index in [9.17, 15) is 14.7 Å². The molecule has 9 heteroatoms. The van der Waals surface area contributed by atoms with Crippen LogP contribution in [0, 0.1) is 0 Å². The lowest BCUT2D eigenvalue weighted by atomic mass is 9.88. The Bertz CT molecular complexity index is 1400. The molecular weight excluding hydrogens is 462 g/mol. The van der Waals surface area contributed by atoms with E-state index >= 15 is 0 Å². The number of ether oxygens (including phenoxy) is 3. The third-order valence-corrected chi connectivity index (χ3v) is 7.13. The second-order valence-corrected chi connectivity index (χ2v) is 9.28. The van der Waals surface area contributed by atoms with Gasteiger partial charge >= 0.3 is 0 Å². The van der Waals surface area contributed by atoms with Crippen molar-refractivity contribution >= 4 is 17.2 Å². The van der Waals surface area contributed by atoms with Gasteiger partial charge in [0.15, 0.2) is 17.8 Å². The van der Waals surface area contributed by atoms with Gasteiger partial charge < -0.3 is 29.2 Å². The maximum atomic E-state index is 13.7. The Morgan fingerprint density at radius 1 is 1.19 bits per heavy atom. The number of benzene rings is 1. The molecular formula is C27H31N3O6. The number of aliphatic hydroxyl groups is 1. The number of nitrogens with one attached hydrogen (secondary N) is 1. The molecule has 0 unspecified atom stereocenters. The quantitative estimate of drug-likeness (QED) is 0.256. The Hall–Kier alpha value is -3.27. The molecule has 190 valence electrons. The maximum Gasteiger partial charge on any atom is 0.257 e. The predicted octanol–water partition coefficient (Wildman–Crippen LogP) is 2.64. The van der Waals surface area contributed by atoms with E-state index in [-0.39, 0.29) is 36.5 Å². The van der Waals surface area contributed by atoms with Crippen LogP contribution in [0.4, 0.5) is 0 Å². The monoisotopic (exact) mass is 493 g/mol. The number of nitrogens with zero attached hydrogens (tertiary/aromatic N) is 2. The second-order valence-electron chi connectivity index (χ2n) is 9.28. The van der Waals surface area contributed by atoms with Gasteiger partial charge in [-0.1, -0.05) is 13.8 Å². The topological polar surface area (TPSA) is 112 Å². The van der Waals surface area contributed by atoms with Gasteiger partial charge in [0.25, 0.3) is 5.56 Å². The highest BCUT2D eigenvalue weighted by Crippen LogP contribution is 2.42. The molecule has 2 aliphatic heterocycles. The van der Waals surface area contributed by atoms with Gasteiger partial charge in [-0.2, -0.15) is 0 Å². The predicted molar refractivity (Wildman–Crippen MR) is 134 cm³/mol. The average Bonchev–Trinajstić information content (AvgIpc) is 3.50. The zero-order chi connectivity index (χ0) is 25.4. The first-order valence-corrected chi connectivity index (χ1v) is 12.4. The van der Waals surface area contributed by atoms with E-state index < -0.39 is 5.60 Å². The summed E-state index contributed by atoms with van der Waals surface area (Å²) in [5.74, 6) is 1.32. The number of fused-ring (bicyclic) bond motifs is 5. The molecule has 5 rings (SSSR count). The lowest BCUT2D eigenvalue weighted by Crippen LogP contribution is -2.34. The fraction of sp³-hybridized carbons (Fsp3) is 0.444. The summed E-state index contributed by atoms with van der Waals surface area (Å²) < 4.78 is 18.2. The number of aldehydes is 1. The highest BCUT2D eigenvalue weighted by molar-refractivity contribution is 5.91. The van der Waals surface area contributed by atoms with Crippen LogP contribution in [0.2, 0.25) is 0 Å². The normalized spacial score (nSPS) is 15.1. The number of carbonyl (C=O) groups is 1. The molecule has 9 nitrogen and oxygen atoms in total. The Balaban J connectivity index is 1.74. The molecule has 0 fully saturated rings. The summed E-state index contributed by atoms with van der Waals surface area (Å²) in [6.07, 6.45) is 2.41. The van der Waals surface area contributed by atoms with Crippen molar-refractivity contribution in [2.75, 3.05) is 27.0 Å². The van der Waals surface area contributed by atoms with E-state index in [4.69, 9.17) is 19.2 Å². The van der Waals surface area contributed by atoms with Crippen LogP contribution in [0.15, 0.2) is 23.0 Å². The third-order valence-electron chi connectivity index (χ3n) is 7.13. The van der Waals surface area contributed by atoms with Crippen LogP contribution in [0.5, 0.6) is 11.5 Å². The van der Waals surface area contributed by atoms with Gasteiger partial charge in [-0.05, 0) is 50.0 Å². The summed E-state index contributed by atoms with van der Waals surface area (Å²) in [7, 11) is 1.49. The fourth-order valence-corrected chi connectivity index (χ4v) is 5.15. The van der Waals surface area contributed by atoms with E-state index in [1.807, 2.05) is 12.1 Å². The van der Waals surface area contributed by atoms with Crippen molar-refractivity contribution in [3.8, 4) is 22.9 Å². The molecule has 0 aliphatic carbocycles. The molecule has 2 N–H and O–H groups in total. The van der Waals surface area contributed by atoms with Crippen LogP contribution in [0.25, 0.3) is 22.3 Å². The summed E-state index contributed by atoms with van der Waals surface area (Å²) in [4.78, 5) is 30.5. The minimum atomic E-state index is -1.79. The summed E-state index contributed by atoms with van der Waals surface area (Å²) in [6.45, 7) is 6.05. The van der Waals surface area contributed by atoms with E-state index in [2.05, 4.69) is 12.2 Å². The van der Waals surface area contributed by atoms with E-state index in [0.29, 0.717) is 35.7 Å². The third kappa shape index (κ3) is 3.87. The average molecular weight is 494 g/mol. The van der Waals surface area contributed by atoms with E-state index in [0.717, 1.165) is 48.0 Å². The molecule has 0 saturated heterocycles. The van der Waals surface area contributed by atoms with E-state index in [1.165, 1.54) is 7.11 Å². The molecule has 0 saturated carbocycles. The number of methoxy groups -OCH3 is 1. The highest BCUT2D eigenvalue weighted by atomic mass is 16.7. The van der Waals surface area contributed by atoms with Gasteiger partial charge in [0.1, 0.15) is 5.60 Å². The number of aromatic nitrogens is 2. The molecule has 1 aromatic carbocycles. The van der Waals surface area contributed by atoms with Crippen molar-refractivity contribution in [1.29, 1.82) is 0 Å².